The van der Waals surface area contributed by atoms with Crippen LogP contribution in [0.5, 0.6) is 0 Å². The summed E-state index contributed by atoms with van der Waals surface area (Å²) in [5.74, 6) is 0. The largest absolute Gasteiger partial charge is 0.396 e. The minimum atomic E-state index is 0. The van der Waals surface area contributed by atoms with Gasteiger partial charge < -0.3 is 5.11 Å². The van der Waals surface area contributed by atoms with Gasteiger partial charge in [0.2, 0.25) is 0 Å². The molecule has 0 unspecified atom stereocenters. The van der Waals surface area contributed by atoms with E-state index in [1.807, 2.05) is 0 Å². The molecule has 2 heteroatoms. The van der Waals surface area contributed by atoms with E-state index in [2.05, 4.69) is 6.92 Å². The van der Waals surface area contributed by atoms with Crippen molar-refractivity contribution >= 4 is 0 Å². The zero-order valence-corrected chi connectivity index (χ0v) is 11.7. The molecule has 0 heterocycles. The quantitative estimate of drug-likeness (QED) is 0.448. The summed E-state index contributed by atoms with van der Waals surface area (Å²) in [6.07, 6.45) is 13.3. The molecule has 0 aliphatic rings. The molecule has 0 bridgehead atoms. The second kappa shape index (κ2) is 16.1. The van der Waals surface area contributed by atoms with Gasteiger partial charge in [-0.05, 0) is 6.42 Å². The maximum atomic E-state index is 8.57. The standard InChI is InChI=1S/C12H26O.Au/c1-2-3-4-5-6-7-8-9-10-11-12-13;/h13H,2-12H2,1H3;. The molecule has 0 aliphatic heterocycles. The first-order chi connectivity index (χ1) is 6.41. The first kappa shape index (κ1) is 17.1. The third-order valence-corrected chi connectivity index (χ3v) is 2.51. The Balaban J connectivity index is 0. The van der Waals surface area contributed by atoms with Crippen LogP contribution in [0.15, 0.2) is 0 Å². The van der Waals surface area contributed by atoms with E-state index < -0.39 is 0 Å². The van der Waals surface area contributed by atoms with Gasteiger partial charge in [0.1, 0.15) is 0 Å². The maximum absolute atomic E-state index is 8.57. The normalized spacial score (nSPS) is 9.86. The molecule has 1 N–H and O–H groups in total. The minimum absolute atomic E-state index is 0. The third-order valence-electron chi connectivity index (χ3n) is 2.51. The zero-order chi connectivity index (χ0) is 9.78. The molecule has 0 aliphatic carbocycles. The summed E-state index contributed by atoms with van der Waals surface area (Å²) in [5.41, 5.74) is 0. The van der Waals surface area contributed by atoms with E-state index in [0.717, 1.165) is 6.42 Å². The van der Waals surface area contributed by atoms with Crippen molar-refractivity contribution in [2.75, 3.05) is 6.61 Å². The average Bonchev–Trinajstić information content (AvgIpc) is 2.16. The van der Waals surface area contributed by atoms with Crippen LogP contribution in [-0.4, -0.2) is 11.7 Å². The topological polar surface area (TPSA) is 20.2 Å². The van der Waals surface area contributed by atoms with Gasteiger partial charge in [0, 0.05) is 29.0 Å². The van der Waals surface area contributed by atoms with Gasteiger partial charge in [-0.3, -0.25) is 0 Å². The van der Waals surface area contributed by atoms with Crippen LogP contribution in [0.2, 0.25) is 0 Å². The summed E-state index contributed by atoms with van der Waals surface area (Å²) in [6, 6.07) is 0. The van der Waals surface area contributed by atoms with E-state index in [-0.39, 0.29) is 22.4 Å². The van der Waals surface area contributed by atoms with Crippen LogP contribution in [0, 0.1) is 0 Å². The van der Waals surface area contributed by atoms with Crippen molar-refractivity contribution in [2.45, 2.75) is 71.1 Å². The van der Waals surface area contributed by atoms with Gasteiger partial charge in [0.05, 0.1) is 0 Å². The molecular formula is C12H26AuO. The van der Waals surface area contributed by atoms with Crippen LogP contribution in [-0.2, 0) is 22.4 Å². The molecule has 0 aromatic carbocycles. The van der Waals surface area contributed by atoms with Gasteiger partial charge in [-0.25, -0.2) is 0 Å². The van der Waals surface area contributed by atoms with E-state index in [0.29, 0.717) is 6.61 Å². The number of hydrogen-bond acceptors (Lipinski definition) is 1. The molecule has 0 saturated heterocycles. The van der Waals surface area contributed by atoms with Crippen LogP contribution in [0.1, 0.15) is 71.1 Å². The Bertz CT molecular complexity index is 76.4. The summed E-state index contributed by atoms with van der Waals surface area (Å²) < 4.78 is 0. The Kier molecular flexibility index (Phi) is 19.7. The van der Waals surface area contributed by atoms with Crippen LogP contribution in [0.25, 0.3) is 0 Å². The fraction of sp³-hybridized carbons (Fsp3) is 1.00. The van der Waals surface area contributed by atoms with Crippen molar-refractivity contribution in [1.82, 2.24) is 0 Å². The second-order valence-corrected chi connectivity index (χ2v) is 3.91. The number of rotatable bonds is 10. The molecule has 1 radical (unpaired) electrons. The first-order valence-corrected chi connectivity index (χ1v) is 6.02. The van der Waals surface area contributed by atoms with E-state index in [1.54, 1.807) is 0 Å². The van der Waals surface area contributed by atoms with E-state index in [9.17, 15) is 0 Å². The Morgan fingerprint density at radius 1 is 0.643 bits per heavy atom. The molecule has 0 aromatic rings. The monoisotopic (exact) mass is 383 g/mol. The molecule has 0 spiro atoms. The van der Waals surface area contributed by atoms with Crippen LogP contribution >= 0.6 is 0 Å². The van der Waals surface area contributed by atoms with Crippen molar-refractivity contribution in [2.24, 2.45) is 0 Å². The molecule has 0 fully saturated rings. The second-order valence-electron chi connectivity index (χ2n) is 3.91. The third kappa shape index (κ3) is 15.2. The van der Waals surface area contributed by atoms with E-state index >= 15 is 0 Å². The molecular weight excluding hydrogens is 357 g/mol. The Labute approximate surface area is 105 Å². The van der Waals surface area contributed by atoms with Crippen molar-refractivity contribution in [3.63, 3.8) is 0 Å². The summed E-state index contributed by atoms with van der Waals surface area (Å²) in [4.78, 5) is 0. The summed E-state index contributed by atoms with van der Waals surface area (Å²) in [5, 5.41) is 8.57. The van der Waals surface area contributed by atoms with Gasteiger partial charge in [0.25, 0.3) is 0 Å². The van der Waals surface area contributed by atoms with Crippen molar-refractivity contribution in [3.8, 4) is 0 Å². The van der Waals surface area contributed by atoms with Crippen molar-refractivity contribution in [3.05, 3.63) is 0 Å². The number of hydrogen-bond donors (Lipinski definition) is 1. The van der Waals surface area contributed by atoms with E-state index in [4.69, 9.17) is 5.11 Å². The predicted molar refractivity (Wildman–Crippen MR) is 58.9 cm³/mol. The van der Waals surface area contributed by atoms with Gasteiger partial charge in [-0.15, -0.1) is 0 Å². The van der Waals surface area contributed by atoms with Gasteiger partial charge in [0.15, 0.2) is 0 Å². The molecule has 0 aromatic heterocycles. The number of aliphatic hydroxyl groups excluding tert-OH is 1. The molecule has 1 nitrogen and oxygen atoms in total. The fourth-order valence-corrected chi connectivity index (χ4v) is 1.60. The Morgan fingerprint density at radius 2 is 1.00 bits per heavy atom. The smallest absolute Gasteiger partial charge is 0.0431 e. The van der Waals surface area contributed by atoms with E-state index in [1.165, 1.54) is 57.8 Å². The Morgan fingerprint density at radius 3 is 1.36 bits per heavy atom. The van der Waals surface area contributed by atoms with Gasteiger partial charge in [-0.2, -0.15) is 0 Å². The summed E-state index contributed by atoms with van der Waals surface area (Å²) in [7, 11) is 0. The average molecular weight is 383 g/mol. The summed E-state index contributed by atoms with van der Waals surface area (Å²) >= 11 is 0. The van der Waals surface area contributed by atoms with Crippen LogP contribution in [0.3, 0.4) is 0 Å². The van der Waals surface area contributed by atoms with Crippen molar-refractivity contribution < 1.29 is 27.5 Å². The maximum Gasteiger partial charge on any atom is 0.0431 e. The zero-order valence-electron chi connectivity index (χ0n) is 9.53. The van der Waals surface area contributed by atoms with Gasteiger partial charge in [-0.1, -0.05) is 64.7 Å². The molecule has 0 atom stereocenters. The molecule has 14 heavy (non-hydrogen) atoms. The molecule has 0 amide bonds. The Hall–Kier alpha value is 0.700. The van der Waals surface area contributed by atoms with Gasteiger partial charge >= 0.3 is 0 Å². The molecule has 91 valence electrons. The number of unbranched alkanes of at least 4 members (excludes halogenated alkanes) is 9. The molecule has 0 rings (SSSR count). The SMILES string of the molecule is CCCCCCCCCCCCO.[Au]. The first-order valence-electron chi connectivity index (χ1n) is 6.02. The van der Waals surface area contributed by atoms with Crippen molar-refractivity contribution in [1.29, 1.82) is 0 Å². The fourth-order valence-electron chi connectivity index (χ4n) is 1.60. The predicted octanol–water partition coefficient (Wildman–Crippen LogP) is 3.90. The number of aliphatic hydroxyl groups is 1. The summed E-state index contributed by atoms with van der Waals surface area (Å²) in [6.45, 7) is 2.63. The van der Waals surface area contributed by atoms with Crippen LogP contribution < -0.4 is 0 Å². The molecule has 0 saturated carbocycles. The minimum Gasteiger partial charge on any atom is -0.396 e. The van der Waals surface area contributed by atoms with Crippen LogP contribution in [0.4, 0.5) is 0 Å².